The van der Waals surface area contributed by atoms with Gasteiger partial charge in [-0.05, 0) is 19.1 Å². The van der Waals surface area contributed by atoms with E-state index < -0.39 is 23.6 Å². The molecule has 0 bridgehead atoms. The molecule has 2 nitrogen and oxygen atoms in total. The van der Waals surface area contributed by atoms with Gasteiger partial charge in [0.15, 0.2) is 0 Å². The summed E-state index contributed by atoms with van der Waals surface area (Å²) in [6.07, 6.45) is -4.76. The van der Waals surface area contributed by atoms with Gasteiger partial charge in [-0.2, -0.15) is 13.2 Å². The first-order valence-electron chi connectivity index (χ1n) is 6.29. The quantitative estimate of drug-likeness (QED) is 0.730. The van der Waals surface area contributed by atoms with Gasteiger partial charge in [-0.1, -0.05) is 6.92 Å². The molecule has 1 saturated heterocycles. The number of piperidine rings is 1. The Bertz CT molecular complexity index is 498. The number of rotatable bonds is 1. The third-order valence-electron chi connectivity index (χ3n) is 3.63. The van der Waals surface area contributed by atoms with Crippen molar-refractivity contribution in [3.8, 4) is 0 Å². The highest BCUT2D eigenvalue weighted by Crippen LogP contribution is 2.36. The minimum absolute atomic E-state index is 0.0881. The highest BCUT2D eigenvalue weighted by Gasteiger charge is 2.41. The van der Waals surface area contributed by atoms with E-state index in [1.54, 1.807) is 4.90 Å². The molecule has 1 fully saturated rings. The summed E-state index contributed by atoms with van der Waals surface area (Å²) in [6.45, 7) is 2.89. The fourth-order valence-electron chi connectivity index (χ4n) is 2.32. The Morgan fingerprint density at radius 1 is 1.30 bits per heavy atom. The van der Waals surface area contributed by atoms with Gasteiger partial charge in [-0.3, -0.25) is 0 Å². The van der Waals surface area contributed by atoms with E-state index in [0.717, 1.165) is 6.07 Å². The molecule has 2 rings (SSSR count). The lowest BCUT2D eigenvalue weighted by atomic mass is 9.95. The molecule has 0 N–H and O–H groups in total. The van der Waals surface area contributed by atoms with Gasteiger partial charge in [0.1, 0.15) is 5.82 Å². The molecule has 1 aliphatic rings. The second kappa shape index (κ2) is 4.86. The van der Waals surface area contributed by atoms with E-state index in [1.165, 1.54) is 19.9 Å². The smallest absolute Gasteiger partial charge is 0.356 e. The fraction of sp³-hybridized carbons (Fsp3) is 0.615. The third-order valence-corrected chi connectivity index (χ3v) is 3.63. The topological polar surface area (TPSA) is 16.1 Å². The lowest BCUT2D eigenvalue weighted by Crippen LogP contribution is -2.46. The SMILES string of the molecule is Cc1nc(N2CCC(F)(F)C(C)C2)ccc1C(F)(F)F. The molecule has 0 amide bonds. The third kappa shape index (κ3) is 2.86. The van der Waals surface area contributed by atoms with Gasteiger partial charge in [0, 0.05) is 25.4 Å². The number of pyridine rings is 1. The second-order valence-electron chi connectivity index (χ2n) is 5.16. The standard InChI is InChI=1S/C13H15F5N2/c1-8-7-20(6-5-12(8,14)15)11-4-3-10(9(2)19-11)13(16,17)18/h3-4,8H,5-7H2,1-2H3. The van der Waals surface area contributed by atoms with Crippen LogP contribution in [-0.2, 0) is 6.18 Å². The first kappa shape index (κ1) is 15.0. The van der Waals surface area contributed by atoms with Crippen LogP contribution in [0.3, 0.4) is 0 Å². The first-order chi connectivity index (χ1) is 9.11. The molecule has 1 aliphatic heterocycles. The zero-order chi connectivity index (χ0) is 15.1. The monoisotopic (exact) mass is 294 g/mol. The van der Waals surface area contributed by atoms with Crippen molar-refractivity contribution < 1.29 is 22.0 Å². The van der Waals surface area contributed by atoms with Crippen molar-refractivity contribution in [2.24, 2.45) is 5.92 Å². The summed E-state index contributed by atoms with van der Waals surface area (Å²) < 4.78 is 64.7. The van der Waals surface area contributed by atoms with Crippen molar-refractivity contribution in [2.45, 2.75) is 32.4 Å². The van der Waals surface area contributed by atoms with Crippen LogP contribution in [0.15, 0.2) is 12.1 Å². The molecular weight excluding hydrogens is 279 g/mol. The molecule has 0 aromatic carbocycles. The van der Waals surface area contributed by atoms with Crippen LogP contribution in [0.25, 0.3) is 0 Å². The van der Waals surface area contributed by atoms with Crippen LogP contribution in [0, 0.1) is 12.8 Å². The van der Waals surface area contributed by atoms with Crippen molar-refractivity contribution >= 4 is 5.82 Å². The van der Waals surface area contributed by atoms with E-state index in [0.29, 0.717) is 5.82 Å². The number of hydrogen-bond acceptors (Lipinski definition) is 2. The number of anilines is 1. The van der Waals surface area contributed by atoms with E-state index in [2.05, 4.69) is 4.98 Å². The Balaban J connectivity index is 2.21. The average Bonchev–Trinajstić information content (AvgIpc) is 2.31. The molecular formula is C13H15F5N2. The number of aromatic nitrogens is 1. The molecule has 1 unspecified atom stereocenters. The van der Waals surface area contributed by atoms with E-state index in [4.69, 9.17) is 0 Å². The van der Waals surface area contributed by atoms with Crippen molar-refractivity contribution in [1.82, 2.24) is 4.98 Å². The van der Waals surface area contributed by atoms with Gasteiger partial charge in [0.2, 0.25) is 0 Å². The Kier molecular flexibility index (Phi) is 3.64. The molecule has 7 heteroatoms. The van der Waals surface area contributed by atoms with Crippen LogP contribution in [0.5, 0.6) is 0 Å². The maximum Gasteiger partial charge on any atom is 0.418 e. The number of aryl methyl sites for hydroxylation is 1. The first-order valence-corrected chi connectivity index (χ1v) is 6.29. The number of alkyl halides is 5. The summed E-state index contributed by atoms with van der Waals surface area (Å²) in [5, 5.41) is 0. The predicted octanol–water partition coefficient (Wildman–Crippen LogP) is 3.89. The number of hydrogen-bond donors (Lipinski definition) is 0. The molecule has 2 heterocycles. The van der Waals surface area contributed by atoms with E-state index in [-0.39, 0.29) is 25.2 Å². The summed E-state index contributed by atoms with van der Waals surface area (Å²) in [5.41, 5.74) is -0.934. The maximum atomic E-state index is 13.4. The van der Waals surface area contributed by atoms with Crippen molar-refractivity contribution in [1.29, 1.82) is 0 Å². The Morgan fingerprint density at radius 2 is 1.95 bits per heavy atom. The maximum absolute atomic E-state index is 13.4. The van der Waals surface area contributed by atoms with E-state index >= 15 is 0 Å². The largest absolute Gasteiger partial charge is 0.418 e. The molecule has 0 saturated carbocycles. The van der Waals surface area contributed by atoms with Crippen LogP contribution in [0.1, 0.15) is 24.6 Å². The molecule has 0 radical (unpaired) electrons. The second-order valence-corrected chi connectivity index (χ2v) is 5.16. The van der Waals surface area contributed by atoms with Crippen LogP contribution >= 0.6 is 0 Å². The molecule has 1 aromatic rings. The van der Waals surface area contributed by atoms with Gasteiger partial charge in [0.25, 0.3) is 5.92 Å². The predicted molar refractivity (Wildman–Crippen MR) is 64.9 cm³/mol. The molecule has 20 heavy (non-hydrogen) atoms. The van der Waals surface area contributed by atoms with Gasteiger partial charge < -0.3 is 4.90 Å². The van der Waals surface area contributed by atoms with Crippen LogP contribution in [0.4, 0.5) is 27.8 Å². The van der Waals surface area contributed by atoms with E-state index in [1.807, 2.05) is 0 Å². The Labute approximate surface area is 113 Å². The molecule has 0 spiro atoms. The summed E-state index contributed by atoms with van der Waals surface area (Å²) in [6, 6.07) is 2.20. The average molecular weight is 294 g/mol. The zero-order valence-corrected chi connectivity index (χ0v) is 11.1. The number of halogens is 5. The van der Waals surface area contributed by atoms with Crippen molar-refractivity contribution in [3.63, 3.8) is 0 Å². The molecule has 0 aliphatic carbocycles. The van der Waals surface area contributed by atoms with Crippen LogP contribution in [0.2, 0.25) is 0 Å². The molecule has 112 valence electrons. The molecule has 1 aromatic heterocycles. The molecule has 1 atom stereocenters. The highest BCUT2D eigenvalue weighted by atomic mass is 19.4. The minimum atomic E-state index is -4.45. The Morgan fingerprint density at radius 3 is 2.45 bits per heavy atom. The zero-order valence-electron chi connectivity index (χ0n) is 11.1. The van der Waals surface area contributed by atoms with Gasteiger partial charge in [-0.15, -0.1) is 0 Å². The highest BCUT2D eigenvalue weighted by molar-refractivity contribution is 5.43. The summed E-state index contributed by atoms with van der Waals surface area (Å²) in [5.74, 6) is -3.25. The normalized spacial score (nSPS) is 22.9. The fourth-order valence-corrected chi connectivity index (χ4v) is 2.32. The summed E-state index contributed by atoms with van der Waals surface area (Å²) >= 11 is 0. The van der Waals surface area contributed by atoms with Crippen LogP contribution < -0.4 is 4.90 Å². The summed E-state index contributed by atoms with van der Waals surface area (Å²) in [7, 11) is 0. The lowest BCUT2D eigenvalue weighted by molar-refractivity contribution is -0.138. The van der Waals surface area contributed by atoms with E-state index in [9.17, 15) is 22.0 Å². The minimum Gasteiger partial charge on any atom is -0.356 e. The Hall–Kier alpha value is -1.40. The number of nitrogens with zero attached hydrogens (tertiary/aromatic N) is 2. The lowest BCUT2D eigenvalue weighted by Gasteiger charge is -2.37. The van der Waals surface area contributed by atoms with Gasteiger partial charge >= 0.3 is 6.18 Å². The van der Waals surface area contributed by atoms with Gasteiger partial charge in [0.05, 0.1) is 11.3 Å². The van der Waals surface area contributed by atoms with Crippen LogP contribution in [-0.4, -0.2) is 24.0 Å². The van der Waals surface area contributed by atoms with Gasteiger partial charge in [-0.25, -0.2) is 13.8 Å². The van der Waals surface area contributed by atoms with Crippen molar-refractivity contribution in [2.75, 3.05) is 18.0 Å². The summed E-state index contributed by atoms with van der Waals surface area (Å²) in [4.78, 5) is 5.51. The van der Waals surface area contributed by atoms with Crippen molar-refractivity contribution in [3.05, 3.63) is 23.4 Å².